The van der Waals surface area contributed by atoms with E-state index in [0.29, 0.717) is 15.9 Å². The molecule has 1 aliphatic rings. The zero-order chi connectivity index (χ0) is 14.5. The van der Waals surface area contributed by atoms with Gasteiger partial charge in [-0.3, -0.25) is 0 Å². The summed E-state index contributed by atoms with van der Waals surface area (Å²) in [5.41, 5.74) is 6.01. The van der Waals surface area contributed by atoms with Crippen molar-refractivity contribution in [3.63, 3.8) is 0 Å². The number of nitrogen functional groups attached to an aromatic ring is 1. The largest absolute Gasteiger partial charge is 0.416 e. The SMILES string of the molecule is Nc1nnn(-c2cc(Br)cc(C(F)(F)F)c2)c1C1CC1. The Morgan fingerprint density at radius 3 is 2.55 bits per heavy atom. The molecule has 0 aliphatic heterocycles. The molecule has 1 aromatic carbocycles. The minimum atomic E-state index is -4.41. The van der Waals surface area contributed by atoms with Gasteiger partial charge in [0.15, 0.2) is 5.82 Å². The van der Waals surface area contributed by atoms with Crippen molar-refractivity contribution >= 4 is 21.7 Å². The van der Waals surface area contributed by atoms with Crippen molar-refractivity contribution in [3.8, 4) is 5.69 Å². The summed E-state index contributed by atoms with van der Waals surface area (Å²) in [7, 11) is 0. The third-order valence-corrected chi connectivity index (χ3v) is 3.61. The Morgan fingerprint density at radius 2 is 1.95 bits per heavy atom. The molecule has 3 rings (SSSR count). The molecule has 0 saturated heterocycles. The highest BCUT2D eigenvalue weighted by Gasteiger charge is 2.33. The fourth-order valence-corrected chi connectivity index (χ4v) is 2.57. The van der Waals surface area contributed by atoms with Gasteiger partial charge in [-0.2, -0.15) is 13.2 Å². The molecule has 1 aromatic heterocycles. The molecule has 1 aliphatic carbocycles. The third kappa shape index (κ3) is 2.39. The summed E-state index contributed by atoms with van der Waals surface area (Å²) in [5.74, 6) is 0.513. The highest BCUT2D eigenvalue weighted by molar-refractivity contribution is 9.10. The lowest BCUT2D eigenvalue weighted by Gasteiger charge is -2.11. The van der Waals surface area contributed by atoms with E-state index in [1.165, 1.54) is 4.68 Å². The monoisotopic (exact) mass is 346 g/mol. The predicted octanol–water partition coefficient (Wildman–Crippen LogP) is 3.51. The van der Waals surface area contributed by atoms with Gasteiger partial charge in [0.2, 0.25) is 0 Å². The normalized spacial score (nSPS) is 15.6. The first kappa shape index (κ1) is 13.4. The first-order valence-corrected chi connectivity index (χ1v) is 6.75. The average molecular weight is 347 g/mol. The third-order valence-electron chi connectivity index (χ3n) is 3.15. The molecule has 0 bridgehead atoms. The Morgan fingerprint density at radius 1 is 1.25 bits per heavy atom. The Bertz CT molecular complexity index is 661. The molecule has 2 aromatic rings. The number of halogens is 4. The van der Waals surface area contributed by atoms with Crippen LogP contribution in [0, 0.1) is 0 Å². The molecular formula is C12H10BrF3N4. The van der Waals surface area contributed by atoms with Crippen molar-refractivity contribution in [1.29, 1.82) is 0 Å². The van der Waals surface area contributed by atoms with Crippen molar-refractivity contribution in [1.82, 2.24) is 15.0 Å². The summed E-state index contributed by atoms with van der Waals surface area (Å²) < 4.78 is 40.3. The summed E-state index contributed by atoms with van der Waals surface area (Å²) in [6.45, 7) is 0. The van der Waals surface area contributed by atoms with E-state index in [4.69, 9.17) is 5.73 Å². The Labute approximate surface area is 120 Å². The fraction of sp³-hybridized carbons (Fsp3) is 0.333. The number of aromatic nitrogens is 3. The molecule has 8 heteroatoms. The van der Waals surface area contributed by atoms with E-state index in [1.54, 1.807) is 6.07 Å². The topological polar surface area (TPSA) is 56.7 Å². The Balaban J connectivity index is 2.13. The van der Waals surface area contributed by atoms with Gasteiger partial charge in [-0.15, -0.1) is 5.10 Å². The van der Waals surface area contributed by atoms with Crippen LogP contribution in [0.5, 0.6) is 0 Å². The van der Waals surface area contributed by atoms with Gasteiger partial charge in [0, 0.05) is 10.4 Å². The molecule has 1 saturated carbocycles. The zero-order valence-electron chi connectivity index (χ0n) is 10.2. The molecule has 106 valence electrons. The summed E-state index contributed by atoms with van der Waals surface area (Å²) in [4.78, 5) is 0. The molecule has 4 nitrogen and oxygen atoms in total. The van der Waals surface area contributed by atoms with Crippen LogP contribution >= 0.6 is 15.9 Å². The van der Waals surface area contributed by atoms with Crippen LogP contribution in [-0.2, 0) is 6.18 Å². The Hall–Kier alpha value is -1.57. The molecule has 0 radical (unpaired) electrons. The lowest BCUT2D eigenvalue weighted by molar-refractivity contribution is -0.137. The van der Waals surface area contributed by atoms with Gasteiger partial charge in [0.05, 0.1) is 16.9 Å². The van der Waals surface area contributed by atoms with Crippen LogP contribution in [0.25, 0.3) is 5.69 Å². The highest BCUT2D eigenvalue weighted by Crippen LogP contribution is 2.43. The molecule has 20 heavy (non-hydrogen) atoms. The number of alkyl halides is 3. The summed E-state index contributed by atoms with van der Waals surface area (Å²) in [5, 5.41) is 7.63. The molecular weight excluding hydrogens is 337 g/mol. The van der Waals surface area contributed by atoms with Crippen LogP contribution in [-0.4, -0.2) is 15.0 Å². The number of nitrogens with zero attached hydrogens (tertiary/aromatic N) is 3. The molecule has 1 heterocycles. The van der Waals surface area contributed by atoms with Crippen LogP contribution in [0.15, 0.2) is 22.7 Å². The summed E-state index contributed by atoms with van der Waals surface area (Å²) in [6.07, 6.45) is -2.50. The second-order valence-corrected chi connectivity index (χ2v) is 5.66. The van der Waals surface area contributed by atoms with Crippen LogP contribution in [0.2, 0.25) is 0 Å². The number of hydrogen-bond acceptors (Lipinski definition) is 3. The number of benzene rings is 1. The van der Waals surface area contributed by atoms with Crippen LogP contribution in [0.4, 0.5) is 19.0 Å². The van der Waals surface area contributed by atoms with Gasteiger partial charge in [-0.1, -0.05) is 21.1 Å². The van der Waals surface area contributed by atoms with Gasteiger partial charge in [-0.05, 0) is 31.0 Å². The van der Waals surface area contributed by atoms with Crippen molar-refractivity contribution in [3.05, 3.63) is 33.9 Å². The lowest BCUT2D eigenvalue weighted by atomic mass is 10.2. The number of rotatable bonds is 2. The minimum absolute atomic E-state index is 0.235. The standard InChI is InChI=1S/C12H10BrF3N4/c13-8-3-7(12(14,15)16)4-9(5-8)20-10(6-1-2-6)11(17)18-19-20/h3-6H,1-2,17H2. The number of hydrogen-bond donors (Lipinski definition) is 1. The van der Waals surface area contributed by atoms with Crippen LogP contribution in [0.3, 0.4) is 0 Å². The summed E-state index contributed by atoms with van der Waals surface area (Å²) >= 11 is 3.09. The smallest absolute Gasteiger partial charge is 0.381 e. The van der Waals surface area contributed by atoms with Crippen molar-refractivity contribution < 1.29 is 13.2 Å². The maximum Gasteiger partial charge on any atom is 0.416 e. The minimum Gasteiger partial charge on any atom is -0.381 e. The maximum atomic E-state index is 12.8. The Kier molecular flexibility index (Phi) is 3.00. The second-order valence-electron chi connectivity index (χ2n) is 4.74. The van der Waals surface area contributed by atoms with E-state index < -0.39 is 11.7 Å². The lowest BCUT2D eigenvalue weighted by Crippen LogP contribution is -2.08. The van der Waals surface area contributed by atoms with E-state index in [0.717, 1.165) is 25.0 Å². The number of nitrogens with two attached hydrogens (primary N) is 1. The van der Waals surface area contributed by atoms with Gasteiger partial charge in [-0.25, -0.2) is 4.68 Å². The van der Waals surface area contributed by atoms with E-state index >= 15 is 0 Å². The molecule has 0 unspecified atom stereocenters. The summed E-state index contributed by atoms with van der Waals surface area (Å²) in [6, 6.07) is 3.64. The first-order valence-electron chi connectivity index (χ1n) is 5.95. The van der Waals surface area contributed by atoms with E-state index in [-0.39, 0.29) is 11.7 Å². The van der Waals surface area contributed by atoms with Gasteiger partial charge >= 0.3 is 6.18 Å². The van der Waals surface area contributed by atoms with Crippen molar-refractivity contribution in [2.45, 2.75) is 24.9 Å². The zero-order valence-corrected chi connectivity index (χ0v) is 11.7. The van der Waals surface area contributed by atoms with Crippen LogP contribution < -0.4 is 5.73 Å². The van der Waals surface area contributed by atoms with Crippen LogP contribution in [0.1, 0.15) is 30.0 Å². The van der Waals surface area contributed by atoms with Crippen molar-refractivity contribution in [2.24, 2.45) is 0 Å². The van der Waals surface area contributed by atoms with Gasteiger partial charge < -0.3 is 5.73 Å². The average Bonchev–Trinajstić information content (AvgIpc) is 3.10. The molecule has 2 N–H and O–H groups in total. The van der Waals surface area contributed by atoms with E-state index in [9.17, 15) is 13.2 Å². The molecule has 0 amide bonds. The van der Waals surface area contributed by atoms with E-state index in [1.807, 2.05) is 0 Å². The van der Waals surface area contributed by atoms with Gasteiger partial charge in [0.25, 0.3) is 0 Å². The van der Waals surface area contributed by atoms with Gasteiger partial charge in [0.1, 0.15) is 0 Å². The maximum absolute atomic E-state index is 12.8. The van der Waals surface area contributed by atoms with E-state index in [2.05, 4.69) is 26.2 Å². The molecule has 0 atom stereocenters. The number of anilines is 1. The molecule has 1 fully saturated rings. The predicted molar refractivity (Wildman–Crippen MR) is 70.4 cm³/mol. The van der Waals surface area contributed by atoms with Crippen molar-refractivity contribution in [2.75, 3.05) is 5.73 Å². The first-order chi connectivity index (χ1) is 9.36. The fourth-order valence-electron chi connectivity index (χ4n) is 2.09. The second kappa shape index (κ2) is 4.47. The highest BCUT2D eigenvalue weighted by atomic mass is 79.9. The quantitative estimate of drug-likeness (QED) is 0.905. The molecule has 0 spiro atoms.